The highest BCUT2D eigenvalue weighted by molar-refractivity contribution is 5.93. The maximum absolute atomic E-state index is 11.0. The fraction of sp³-hybridized carbons (Fsp3) is 0.364. The molecule has 0 bridgehead atoms. The van der Waals surface area contributed by atoms with Crippen LogP contribution >= 0.6 is 0 Å². The summed E-state index contributed by atoms with van der Waals surface area (Å²) >= 11 is 0. The van der Waals surface area contributed by atoms with Crippen LogP contribution in [-0.2, 0) is 12.8 Å². The van der Waals surface area contributed by atoms with E-state index in [-0.39, 0.29) is 11.9 Å². The van der Waals surface area contributed by atoms with Crippen molar-refractivity contribution in [3.8, 4) is 0 Å². The summed E-state index contributed by atoms with van der Waals surface area (Å²) in [6.07, 6.45) is 2.90. The van der Waals surface area contributed by atoms with Crippen LogP contribution in [-0.4, -0.2) is 11.9 Å². The van der Waals surface area contributed by atoms with Crippen LogP contribution in [0.2, 0.25) is 0 Å². The second-order valence-corrected chi connectivity index (χ2v) is 3.85. The van der Waals surface area contributed by atoms with E-state index in [1.54, 1.807) is 6.07 Å². The van der Waals surface area contributed by atoms with Crippen LogP contribution in [0.5, 0.6) is 0 Å². The molecule has 0 saturated carbocycles. The van der Waals surface area contributed by atoms with E-state index in [4.69, 9.17) is 11.5 Å². The van der Waals surface area contributed by atoms with Crippen molar-refractivity contribution in [3.63, 3.8) is 0 Å². The lowest BCUT2D eigenvalue weighted by Crippen LogP contribution is -2.28. The number of hydrogen-bond donors (Lipinski definition) is 2. The molecule has 74 valence electrons. The quantitative estimate of drug-likeness (QED) is 0.681. The third-order valence-electron chi connectivity index (χ3n) is 2.76. The van der Waals surface area contributed by atoms with Crippen LogP contribution in [0.25, 0.3) is 0 Å². The number of primary amides is 1. The first-order valence-corrected chi connectivity index (χ1v) is 4.84. The molecule has 4 N–H and O–H groups in total. The van der Waals surface area contributed by atoms with Crippen LogP contribution in [0, 0.1) is 0 Å². The second-order valence-electron chi connectivity index (χ2n) is 3.85. The third-order valence-corrected chi connectivity index (χ3v) is 2.76. The molecule has 1 aromatic rings. The summed E-state index contributed by atoms with van der Waals surface area (Å²) in [5, 5.41) is 0. The van der Waals surface area contributed by atoms with Crippen molar-refractivity contribution >= 4 is 5.91 Å². The van der Waals surface area contributed by atoms with Gasteiger partial charge in [-0.2, -0.15) is 0 Å². The molecule has 0 spiro atoms. The SMILES string of the molecule is NC(=O)c1ccc2c(c1)CC(N)CC2. The number of fused-ring (bicyclic) bond motifs is 1. The first kappa shape index (κ1) is 9.21. The van der Waals surface area contributed by atoms with Gasteiger partial charge in [-0.3, -0.25) is 4.79 Å². The fourth-order valence-corrected chi connectivity index (χ4v) is 1.94. The Kier molecular flexibility index (Phi) is 2.25. The van der Waals surface area contributed by atoms with Crippen molar-refractivity contribution in [1.82, 2.24) is 0 Å². The van der Waals surface area contributed by atoms with Gasteiger partial charge in [0.05, 0.1) is 0 Å². The van der Waals surface area contributed by atoms with Crippen molar-refractivity contribution in [3.05, 3.63) is 34.9 Å². The highest BCUT2D eigenvalue weighted by Crippen LogP contribution is 2.21. The summed E-state index contributed by atoms with van der Waals surface area (Å²) in [5.74, 6) is -0.369. The van der Waals surface area contributed by atoms with Gasteiger partial charge in [0.1, 0.15) is 0 Å². The maximum atomic E-state index is 11.0. The average molecular weight is 190 g/mol. The second kappa shape index (κ2) is 3.42. The summed E-state index contributed by atoms with van der Waals surface area (Å²) in [7, 11) is 0. The Morgan fingerprint density at radius 2 is 2.14 bits per heavy atom. The third kappa shape index (κ3) is 1.63. The Morgan fingerprint density at radius 1 is 1.36 bits per heavy atom. The van der Waals surface area contributed by atoms with Crippen LogP contribution in [0.3, 0.4) is 0 Å². The predicted molar refractivity (Wildman–Crippen MR) is 55.0 cm³/mol. The molecule has 0 aromatic heterocycles. The van der Waals surface area contributed by atoms with Crippen molar-refractivity contribution in [1.29, 1.82) is 0 Å². The zero-order valence-corrected chi connectivity index (χ0v) is 7.99. The molecule has 1 aliphatic rings. The zero-order valence-electron chi connectivity index (χ0n) is 7.99. The van der Waals surface area contributed by atoms with Crippen molar-refractivity contribution in [2.24, 2.45) is 11.5 Å². The van der Waals surface area contributed by atoms with Crippen LogP contribution < -0.4 is 11.5 Å². The first-order valence-electron chi connectivity index (χ1n) is 4.84. The van der Waals surface area contributed by atoms with E-state index in [2.05, 4.69) is 0 Å². The van der Waals surface area contributed by atoms with Crippen molar-refractivity contribution in [2.75, 3.05) is 0 Å². The summed E-state index contributed by atoms with van der Waals surface area (Å²) in [6, 6.07) is 5.88. The number of carbonyl (C=O) groups is 1. The van der Waals surface area contributed by atoms with Crippen molar-refractivity contribution < 1.29 is 4.79 Å². The summed E-state index contributed by atoms with van der Waals surface area (Å²) in [6.45, 7) is 0. The number of amides is 1. The van der Waals surface area contributed by atoms with E-state index < -0.39 is 0 Å². The molecule has 1 aliphatic carbocycles. The lowest BCUT2D eigenvalue weighted by Gasteiger charge is -2.21. The van der Waals surface area contributed by atoms with E-state index in [9.17, 15) is 4.79 Å². The van der Waals surface area contributed by atoms with Gasteiger partial charge in [-0.1, -0.05) is 6.07 Å². The lowest BCUT2D eigenvalue weighted by molar-refractivity contribution is 0.1000. The van der Waals surface area contributed by atoms with Gasteiger partial charge in [-0.05, 0) is 42.5 Å². The Bertz CT molecular complexity index is 374. The smallest absolute Gasteiger partial charge is 0.248 e. The van der Waals surface area contributed by atoms with Gasteiger partial charge in [-0.15, -0.1) is 0 Å². The molecule has 14 heavy (non-hydrogen) atoms. The molecule has 1 atom stereocenters. The number of nitrogens with two attached hydrogens (primary N) is 2. The molecule has 1 aromatic carbocycles. The van der Waals surface area contributed by atoms with Gasteiger partial charge in [0, 0.05) is 11.6 Å². The molecule has 0 radical (unpaired) electrons. The molecule has 0 fully saturated rings. The first-order chi connectivity index (χ1) is 6.66. The minimum absolute atomic E-state index is 0.227. The lowest BCUT2D eigenvalue weighted by atomic mass is 9.87. The molecule has 0 heterocycles. The highest BCUT2D eigenvalue weighted by atomic mass is 16.1. The molecular formula is C11H14N2O. The van der Waals surface area contributed by atoms with Gasteiger partial charge < -0.3 is 11.5 Å². The van der Waals surface area contributed by atoms with E-state index in [1.807, 2.05) is 12.1 Å². The van der Waals surface area contributed by atoms with Gasteiger partial charge in [0.15, 0.2) is 0 Å². The van der Waals surface area contributed by atoms with Gasteiger partial charge in [0.25, 0.3) is 0 Å². The monoisotopic (exact) mass is 190 g/mol. The van der Waals surface area contributed by atoms with E-state index in [0.29, 0.717) is 5.56 Å². The Morgan fingerprint density at radius 3 is 2.86 bits per heavy atom. The number of rotatable bonds is 1. The van der Waals surface area contributed by atoms with Gasteiger partial charge >= 0.3 is 0 Å². The highest BCUT2D eigenvalue weighted by Gasteiger charge is 2.16. The standard InChI is InChI=1S/C11H14N2O/c12-10-4-3-7-1-2-8(11(13)14)5-9(7)6-10/h1-2,5,10H,3-4,6,12H2,(H2,13,14). The summed E-state index contributed by atoms with van der Waals surface area (Å²) in [4.78, 5) is 11.0. The van der Waals surface area contributed by atoms with Crippen LogP contribution in [0.1, 0.15) is 27.9 Å². The normalized spacial score (nSPS) is 20.2. The molecule has 3 nitrogen and oxygen atoms in total. The molecule has 1 unspecified atom stereocenters. The van der Waals surface area contributed by atoms with Gasteiger partial charge in [0.2, 0.25) is 5.91 Å². The predicted octanol–water partition coefficient (Wildman–Crippen LogP) is 0.601. The van der Waals surface area contributed by atoms with Crippen LogP contribution in [0.4, 0.5) is 0 Å². The summed E-state index contributed by atoms with van der Waals surface area (Å²) in [5.41, 5.74) is 14.1. The minimum atomic E-state index is -0.369. The molecule has 2 rings (SSSR count). The largest absolute Gasteiger partial charge is 0.366 e. The molecule has 3 heteroatoms. The molecule has 0 saturated heterocycles. The van der Waals surface area contributed by atoms with E-state index in [1.165, 1.54) is 11.1 Å². The number of benzene rings is 1. The van der Waals surface area contributed by atoms with Gasteiger partial charge in [-0.25, -0.2) is 0 Å². The number of carbonyl (C=O) groups excluding carboxylic acids is 1. The summed E-state index contributed by atoms with van der Waals surface area (Å²) < 4.78 is 0. The molecule has 0 aliphatic heterocycles. The number of aryl methyl sites for hydroxylation is 1. The average Bonchev–Trinajstić information content (AvgIpc) is 2.16. The van der Waals surface area contributed by atoms with Crippen LogP contribution in [0.15, 0.2) is 18.2 Å². The van der Waals surface area contributed by atoms with E-state index >= 15 is 0 Å². The molecular weight excluding hydrogens is 176 g/mol. The minimum Gasteiger partial charge on any atom is -0.366 e. The fourth-order valence-electron chi connectivity index (χ4n) is 1.94. The Balaban J connectivity index is 2.37. The molecule has 1 amide bonds. The maximum Gasteiger partial charge on any atom is 0.248 e. The topological polar surface area (TPSA) is 69.1 Å². The van der Waals surface area contributed by atoms with E-state index in [0.717, 1.165) is 19.3 Å². The Labute approximate surface area is 83.1 Å². The van der Waals surface area contributed by atoms with Crippen molar-refractivity contribution in [2.45, 2.75) is 25.3 Å². The number of hydrogen-bond acceptors (Lipinski definition) is 2. The Hall–Kier alpha value is -1.35. The zero-order chi connectivity index (χ0) is 10.1.